The van der Waals surface area contributed by atoms with E-state index in [2.05, 4.69) is 24.9 Å². The van der Waals surface area contributed by atoms with Gasteiger partial charge in [0, 0.05) is 6.20 Å². The monoisotopic (exact) mass is 147 g/mol. The SMILES string of the molecule is CC(C)C=Cc1ccccn1. The van der Waals surface area contributed by atoms with Crippen LogP contribution in [0.2, 0.25) is 0 Å². The van der Waals surface area contributed by atoms with E-state index < -0.39 is 0 Å². The molecule has 0 saturated carbocycles. The van der Waals surface area contributed by atoms with Crippen LogP contribution in [0.1, 0.15) is 19.5 Å². The zero-order valence-electron chi connectivity index (χ0n) is 6.99. The van der Waals surface area contributed by atoms with E-state index in [0.717, 1.165) is 5.69 Å². The highest BCUT2D eigenvalue weighted by Gasteiger charge is 1.85. The zero-order valence-corrected chi connectivity index (χ0v) is 6.99. The highest BCUT2D eigenvalue weighted by atomic mass is 14.6. The van der Waals surface area contributed by atoms with E-state index in [0.29, 0.717) is 5.92 Å². The maximum atomic E-state index is 4.16. The molecule has 11 heavy (non-hydrogen) atoms. The fourth-order valence-electron chi connectivity index (χ4n) is 0.766. The molecule has 0 fully saturated rings. The predicted octanol–water partition coefficient (Wildman–Crippen LogP) is 2.75. The molecule has 0 spiro atoms. The van der Waals surface area contributed by atoms with Crippen LogP contribution in [0.3, 0.4) is 0 Å². The maximum Gasteiger partial charge on any atom is 0.0626 e. The topological polar surface area (TPSA) is 12.9 Å². The Bertz CT molecular complexity index is 224. The van der Waals surface area contributed by atoms with Crippen LogP contribution in [0.15, 0.2) is 30.5 Å². The Morgan fingerprint density at radius 1 is 1.36 bits per heavy atom. The molecule has 0 aliphatic heterocycles. The van der Waals surface area contributed by atoms with E-state index in [1.807, 2.05) is 24.3 Å². The lowest BCUT2D eigenvalue weighted by atomic mass is 10.2. The summed E-state index contributed by atoms with van der Waals surface area (Å²) in [5, 5.41) is 0. The molecule has 0 saturated heterocycles. The number of allylic oxidation sites excluding steroid dienone is 1. The van der Waals surface area contributed by atoms with E-state index in [9.17, 15) is 0 Å². The van der Waals surface area contributed by atoms with Crippen molar-refractivity contribution in [3.8, 4) is 0 Å². The maximum absolute atomic E-state index is 4.16. The molecule has 0 aliphatic rings. The van der Waals surface area contributed by atoms with Crippen LogP contribution in [0.4, 0.5) is 0 Å². The number of hydrogen-bond donors (Lipinski definition) is 0. The Kier molecular flexibility index (Phi) is 2.84. The molecule has 1 heterocycles. The molecule has 1 aromatic heterocycles. The van der Waals surface area contributed by atoms with Gasteiger partial charge >= 0.3 is 0 Å². The molecule has 0 N–H and O–H groups in total. The van der Waals surface area contributed by atoms with Gasteiger partial charge in [-0.15, -0.1) is 0 Å². The van der Waals surface area contributed by atoms with Crippen molar-refractivity contribution >= 4 is 6.08 Å². The Labute approximate surface area is 67.8 Å². The minimum Gasteiger partial charge on any atom is -0.257 e. The second-order valence-corrected chi connectivity index (χ2v) is 2.86. The smallest absolute Gasteiger partial charge is 0.0626 e. The minimum atomic E-state index is 0.594. The largest absolute Gasteiger partial charge is 0.257 e. The van der Waals surface area contributed by atoms with Crippen molar-refractivity contribution in [3.05, 3.63) is 36.2 Å². The average Bonchev–Trinajstić information content (AvgIpc) is 2.03. The van der Waals surface area contributed by atoms with E-state index in [-0.39, 0.29) is 0 Å². The molecule has 0 aromatic carbocycles. The second-order valence-electron chi connectivity index (χ2n) is 2.86. The van der Waals surface area contributed by atoms with Gasteiger partial charge in [0.05, 0.1) is 5.69 Å². The highest BCUT2D eigenvalue weighted by Crippen LogP contribution is 2.00. The molecule has 0 aliphatic carbocycles. The van der Waals surface area contributed by atoms with Gasteiger partial charge < -0.3 is 0 Å². The quantitative estimate of drug-likeness (QED) is 0.626. The summed E-state index contributed by atoms with van der Waals surface area (Å²) in [6.07, 6.45) is 5.99. The molecule has 1 rings (SSSR count). The van der Waals surface area contributed by atoms with Gasteiger partial charge in [-0.1, -0.05) is 26.0 Å². The number of nitrogens with zero attached hydrogens (tertiary/aromatic N) is 1. The van der Waals surface area contributed by atoms with Crippen LogP contribution in [-0.4, -0.2) is 4.98 Å². The number of aromatic nitrogens is 1. The van der Waals surface area contributed by atoms with Gasteiger partial charge in [0.15, 0.2) is 0 Å². The first-order valence-corrected chi connectivity index (χ1v) is 3.88. The van der Waals surface area contributed by atoms with Crippen LogP contribution in [0.25, 0.3) is 6.08 Å². The first kappa shape index (κ1) is 7.99. The molecule has 0 radical (unpaired) electrons. The van der Waals surface area contributed by atoms with Crippen molar-refractivity contribution in [2.45, 2.75) is 13.8 Å². The van der Waals surface area contributed by atoms with Crippen molar-refractivity contribution < 1.29 is 0 Å². The third-order valence-electron chi connectivity index (χ3n) is 1.34. The molecule has 0 bridgehead atoms. The summed E-state index contributed by atoms with van der Waals surface area (Å²) >= 11 is 0. The van der Waals surface area contributed by atoms with Gasteiger partial charge in [0.25, 0.3) is 0 Å². The number of hydrogen-bond acceptors (Lipinski definition) is 1. The summed E-state index contributed by atoms with van der Waals surface area (Å²) in [5.41, 5.74) is 1.03. The third kappa shape index (κ3) is 2.99. The van der Waals surface area contributed by atoms with Crippen molar-refractivity contribution in [2.75, 3.05) is 0 Å². The van der Waals surface area contributed by atoms with Crippen molar-refractivity contribution in [1.82, 2.24) is 4.98 Å². The molecule has 58 valence electrons. The van der Waals surface area contributed by atoms with Crippen LogP contribution in [0, 0.1) is 5.92 Å². The van der Waals surface area contributed by atoms with Gasteiger partial charge in [0.2, 0.25) is 0 Å². The summed E-state index contributed by atoms with van der Waals surface area (Å²) < 4.78 is 0. The Balaban J connectivity index is 2.65. The lowest BCUT2D eigenvalue weighted by Crippen LogP contribution is -1.80. The molecule has 1 aromatic rings. The summed E-state index contributed by atoms with van der Waals surface area (Å²) in [6.45, 7) is 4.30. The molecule has 1 nitrogen and oxygen atoms in total. The van der Waals surface area contributed by atoms with Gasteiger partial charge in [-0.3, -0.25) is 4.98 Å². The van der Waals surface area contributed by atoms with E-state index in [4.69, 9.17) is 0 Å². The summed E-state index contributed by atoms with van der Waals surface area (Å²) in [4.78, 5) is 4.16. The van der Waals surface area contributed by atoms with Crippen molar-refractivity contribution in [1.29, 1.82) is 0 Å². The first-order valence-electron chi connectivity index (χ1n) is 3.88. The lowest BCUT2D eigenvalue weighted by molar-refractivity contribution is 0.836. The van der Waals surface area contributed by atoms with Crippen molar-refractivity contribution in [2.24, 2.45) is 5.92 Å². The first-order chi connectivity index (χ1) is 5.29. The molecular formula is C10H13N. The van der Waals surface area contributed by atoms with E-state index in [1.165, 1.54) is 0 Å². The molecular weight excluding hydrogens is 134 g/mol. The molecule has 0 atom stereocenters. The molecule has 0 amide bonds. The minimum absolute atomic E-state index is 0.594. The van der Waals surface area contributed by atoms with Crippen LogP contribution in [-0.2, 0) is 0 Å². The fourth-order valence-corrected chi connectivity index (χ4v) is 0.766. The summed E-state index contributed by atoms with van der Waals surface area (Å²) in [7, 11) is 0. The van der Waals surface area contributed by atoms with Gasteiger partial charge in [-0.2, -0.15) is 0 Å². The predicted molar refractivity (Wildman–Crippen MR) is 48.1 cm³/mol. The summed E-state index contributed by atoms with van der Waals surface area (Å²) in [6, 6.07) is 5.92. The Morgan fingerprint density at radius 3 is 2.73 bits per heavy atom. The zero-order chi connectivity index (χ0) is 8.10. The van der Waals surface area contributed by atoms with Crippen LogP contribution >= 0.6 is 0 Å². The normalized spacial score (nSPS) is 11.2. The summed E-state index contributed by atoms with van der Waals surface area (Å²) in [5.74, 6) is 0.594. The highest BCUT2D eigenvalue weighted by molar-refractivity contribution is 5.43. The lowest BCUT2D eigenvalue weighted by Gasteiger charge is -1.93. The average molecular weight is 147 g/mol. The molecule has 1 heteroatoms. The van der Waals surface area contributed by atoms with Crippen LogP contribution < -0.4 is 0 Å². The van der Waals surface area contributed by atoms with Gasteiger partial charge in [-0.25, -0.2) is 0 Å². The third-order valence-corrected chi connectivity index (χ3v) is 1.34. The van der Waals surface area contributed by atoms with Crippen molar-refractivity contribution in [3.63, 3.8) is 0 Å². The molecule has 0 unspecified atom stereocenters. The Hall–Kier alpha value is -1.11. The standard InChI is InChI=1S/C10H13N/c1-9(2)6-7-10-5-3-4-8-11-10/h3-9H,1-2H3. The van der Waals surface area contributed by atoms with E-state index >= 15 is 0 Å². The van der Waals surface area contributed by atoms with Crippen LogP contribution in [0.5, 0.6) is 0 Å². The Morgan fingerprint density at radius 2 is 2.18 bits per heavy atom. The van der Waals surface area contributed by atoms with E-state index in [1.54, 1.807) is 6.20 Å². The number of rotatable bonds is 2. The van der Waals surface area contributed by atoms with Gasteiger partial charge in [0.1, 0.15) is 0 Å². The second kappa shape index (κ2) is 3.91. The number of pyridine rings is 1. The fraction of sp³-hybridized carbons (Fsp3) is 0.300. The van der Waals surface area contributed by atoms with Gasteiger partial charge in [-0.05, 0) is 24.1 Å².